The molecule has 1 saturated carbocycles. The van der Waals surface area contributed by atoms with Gasteiger partial charge >= 0.3 is 0 Å². The molecule has 0 aromatic heterocycles. The van der Waals surface area contributed by atoms with Crippen LogP contribution >= 0.6 is 11.8 Å². The van der Waals surface area contributed by atoms with Gasteiger partial charge in [0.25, 0.3) is 5.91 Å². The van der Waals surface area contributed by atoms with Gasteiger partial charge in [0, 0.05) is 17.5 Å². The van der Waals surface area contributed by atoms with E-state index in [0.717, 1.165) is 10.5 Å². The van der Waals surface area contributed by atoms with Crippen LogP contribution in [0.1, 0.15) is 36.0 Å². The van der Waals surface area contributed by atoms with Gasteiger partial charge in [0.15, 0.2) is 0 Å². The SMILES string of the molecule is CSc1ccccc1C(=O)NC(CN)C1CCCC1. The summed E-state index contributed by atoms with van der Waals surface area (Å²) in [5.74, 6) is 0.558. The highest BCUT2D eigenvalue weighted by Gasteiger charge is 2.26. The quantitative estimate of drug-likeness (QED) is 0.814. The van der Waals surface area contributed by atoms with Crippen molar-refractivity contribution in [3.8, 4) is 0 Å². The number of thioether (sulfide) groups is 1. The van der Waals surface area contributed by atoms with Crippen molar-refractivity contribution >= 4 is 17.7 Å². The summed E-state index contributed by atoms with van der Waals surface area (Å²) in [7, 11) is 0. The first kappa shape index (κ1) is 14.4. The van der Waals surface area contributed by atoms with Gasteiger partial charge in [-0.1, -0.05) is 25.0 Å². The van der Waals surface area contributed by atoms with E-state index in [9.17, 15) is 4.79 Å². The second-order valence-corrected chi connectivity index (χ2v) is 5.91. The maximum atomic E-state index is 12.4. The number of nitrogens with one attached hydrogen (secondary N) is 1. The van der Waals surface area contributed by atoms with Crippen LogP contribution in [0.5, 0.6) is 0 Å². The van der Waals surface area contributed by atoms with Crippen molar-refractivity contribution in [1.29, 1.82) is 0 Å². The van der Waals surface area contributed by atoms with E-state index in [2.05, 4.69) is 5.32 Å². The fourth-order valence-corrected chi connectivity index (χ4v) is 3.40. The topological polar surface area (TPSA) is 55.1 Å². The Kier molecular flexibility index (Phi) is 5.28. The molecule has 1 aromatic rings. The predicted molar refractivity (Wildman–Crippen MR) is 80.5 cm³/mol. The van der Waals surface area contributed by atoms with Crippen molar-refractivity contribution in [3.63, 3.8) is 0 Å². The summed E-state index contributed by atoms with van der Waals surface area (Å²) in [6.45, 7) is 0.526. The molecular weight excluding hydrogens is 256 g/mol. The Morgan fingerprint density at radius 2 is 2.11 bits per heavy atom. The zero-order chi connectivity index (χ0) is 13.7. The van der Waals surface area contributed by atoms with Crippen molar-refractivity contribution in [2.75, 3.05) is 12.8 Å². The van der Waals surface area contributed by atoms with Crippen molar-refractivity contribution in [2.45, 2.75) is 36.6 Å². The number of nitrogens with two attached hydrogens (primary N) is 1. The molecule has 0 heterocycles. The predicted octanol–water partition coefficient (Wildman–Crippen LogP) is 2.66. The van der Waals surface area contributed by atoms with Crippen LogP contribution in [0, 0.1) is 5.92 Å². The van der Waals surface area contributed by atoms with Crippen LogP contribution in [0.25, 0.3) is 0 Å². The minimum absolute atomic E-state index is 0.00676. The van der Waals surface area contributed by atoms with Gasteiger partial charge in [-0.15, -0.1) is 11.8 Å². The zero-order valence-corrected chi connectivity index (χ0v) is 12.2. The van der Waals surface area contributed by atoms with Crippen LogP contribution in [0.4, 0.5) is 0 Å². The van der Waals surface area contributed by atoms with Gasteiger partial charge in [-0.25, -0.2) is 0 Å². The molecule has 0 aliphatic heterocycles. The fraction of sp³-hybridized carbons (Fsp3) is 0.533. The van der Waals surface area contributed by atoms with Crippen LogP contribution in [0.15, 0.2) is 29.2 Å². The van der Waals surface area contributed by atoms with Gasteiger partial charge in [-0.3, -0.25) is 4.79 Å². The molecular formula is C15H22N2OS. The molecule has 1 fully saturated rings. The Morgan fingerprint density at radius 1 is 1.42 bits per heavy atom. The number of rotatable bonds is 5. The third-order valence-corrected chi connectivity index (χ3v) is 4.69. The summed E-state index contributed by atoms with van der Waals surface area (Å²) in [6.07, 6.45) is 6.89. The van der Waals surface area contributed by atoms with E-state index in [0.29, 0.717) is 12.5 Å². The average Bonchev–Trinajstić information content (AvgIpc) is 2.98. The van der Waals surface area contributed by atoms with Gasteiger partial charge in [0.1, 0.15) is 0 Å². The van der Waals surface area contributed by atoms with Crippen LogP contribution in [-0.4, -0.2) is 24.7 Å². The fourth-order valence-electron chi connectivity index (χ4n) is 2.81. The standard InChI is InChI=1S/C15H22N2OS/c1-19-14-9-5-4-8-12(14)15(18)17-13(10-16)11-6-2-3-7-11/h4-5,8-9,11,13H,2-3,6-7,10,16H2,1H3,(H,17,18). The van der Waals surface area contributed by atoms with Crippen molar-refractivity contribution in [3.05, 3.63) is 29.8 Å². The molecule has 0 saturated heterocycles. The highest BCUT2D eigenvalue weighted by molar-refractivity contribution is 7.98. The first-order valence-corrected chi connectivity index (χ1v) is 8.12. The Labute approximate surface area is 119 Å². The molecule has 104 valence electrons. The van der Waals surface area contributed by atoms with Crippen molar-refractivity contribution in [1.82, 2.24) is 5.32 Å². The van der Waals surface area contributed by atoms with Crippen molar-refractivity contribution in [2.24, 2.45) is 11.7 Å². The van der Waals surface area contributed by atoms with E-state index in [1.165, 1.54) is 25.7 Å². The Balaban J connectivity index is 2.06. The third-order valence-electron chi connectivity index (χ3n) is 3.89. The molecule has 1 aliphatic rings. The van der Waals surface area contributed by atoms with Crippen LogP contribution in [-0.2, 0) is 0 Å². The molecule has 1 unspecified atom stereocenters. The maximum Gasteiger partial charge on any atom is 0.252 e. The Hall–Kier alpha value is -1.00. The minimum atomic E-state index is 0.00676. The molecule has 2 rings (SSSR count). The summed E-state index contributed by atoms with van der Waals surface area (Å²) in [5.41, 5.74) is 6.59. The molecule has 1 aliphatic carbocycles. The lowest BCUT2D eigenvalue weighted by atomic mass is 9.98. The summed E-state index contributed by atoms with van der Waals surface area (Å²) in [6, 6.07) is 7.84. The molecule has 3 nitrogen and oxygen atoms in total. The smallest absolute Gasteiger partial charge is 0.252 e. The molecule has 0 spiro atoms. The second kappa shape index (κ2) is 6.96. The number of hydrogen-bond acceptors (Lipinski definition) is 3. The van der Waals surface area contributed by atoms with E-state index in [1.54, 1.807) is 11.8 Å². The monoisotopic (exact) mass is 278 g/mol. The normalized spacial score (nSPS) is 17.4. The lowest BCUT2D eigenvalue weighted by Crippen LogP contribution is -2.44. The number of carbonyl (C=O) groups excluding carboxylic acids is 1. The maximum absolute atomic E-state index is 12.4. The Morgan fingerprint density at radius 3 is 2.74 bits per heavy atom. The zero-order valence-electron chi connectivity index (χ0n) is 11.4. The highest BCUT2D eigenvalue weighted by atomic mass is 32.2. The van der Waals surface area contributed by atoms with Crippen LogP contribution in [0.2, 0.25) is 0 Å². The Bertz CT molecular complexity index is 430. The van der Waals surface area contributed by atoms with E-state index in [1.807, 2.05) is 30.5 Å². The highest BCUT2D eigenvalue weighted by Crippen LogP contribution is 2.28. The molecule has 19 heavy (non-hydrogen) atoms. The lowest BCUT2D eigenvalue weighted by Gasteiger charge is -2.23. The lowest BCUT2D eigenvalue weighted by molar-refractivity contribution is 0.0921. The van der Waals surface area contributed by atoms with Crippen LogP contribution < -0.4 is 11.1 Å². The first-order valence-electron chi connectivity index (χ1n) is 6.90. The molecule has 0 radical (unpaired) electrons. The van der Waals surface area contributed by atoms with E-state index >= 15 is 0 Å². The van der Waals surface area contributed by atoms with Gasteiger partial charge in [-0.2, -0.15) is 0 Å². The summed E-state index contributed by atoms with van der Waals surface area (Å²) in [4.78, 5) is 13.4. The van der Waals surface area contributed by atoms with Gasteiger partial charge in [0.05, 0.1) is 5.56 Å². The summed E-state index contributed by atoms with van der Waals surface area (Å²) >= 11 is 1.60. The summed E-state index contributed by atoms with van der Waals surface area (Å²) < 4.78 is 0. The number of carbonyl (C=O) groups is 1. The molecule has 1 amide bonds. The third kappa shape index (κ3) is 3.51. The molecule has 3 N–H and O–H groups in total. The molecule has 1 atom stereocenters. The second-order valence-electron chi connectivity index (χ2n) is 5.06. The van der Waals surface area contributed by atoms with E-state index in [4.69, 9.17) is 5.73 Å². The average molecular weight is 278 g/mol. The van der Waals surface area contributed by atoms with Gasteiger partial charge in [-0.05, 0) is 37.1 Å². The van der Waals surface area contributed by atoms with Crippen molar-refractivity contribution < 1.29 is 4.79 Å². The van der Waals surface area contributed by atoms with E-state index < -0.39 is 0 Å². The molecule has 0 bridgehead atoms. The van der Waals surface area contributed by atoms with Crippen LogP contribution in [0.3, 0.4) is 0 Å². The first-order chi connectivity index (χ1) is 9.26. The number of hydrogen-bond donors (Lipinski definition) is 2. The summed E-state index contributed by atoms with van der Waals surface area (Å²) in [5, 5.41) is 3.12. The minimum Gasteiger partial charge on any atom is -0.348 e. The van der Waals surface area contributed by atoms with Gasteiger partial charge in [0.2, 0.25) is 0 Å². The number of amides is 1. The molecule has 4 heteroatoms. The largest absolute Gasteiger partial charge is 0.348 e. The molecule has 1 aromatic carbocycles. The number of benzene rings is 1. The van der Waals surface area contributed by atoms with Gasteiger partial charge < -0.3 is 11.1 Å². The van der Waals surface area contributed by atoms with E-state index in [-0.39, 0.29) is 11.9 Å².